The first-order chi connectivity index (χ1) is 7.18. The molecule has 3 nitrogen and oxygen atoms in total. The van der Waals surface area contributed by atoms with Gasteiger partial charge in [0.25, 0.3) is 0 Å². The van der Waals surface area contributed by atoms with E-state index in [0.29, 0.717) is 13.0 Å². The number of hydrogen-bond donors (Lipinski definition) is 0. The van der Waals surface area contributed by atoms with Crippen molar-refractivity contribution in [1.29, 1.82) is 0 Å². The van der Waals surface area contributed by atoms with Gasteiger partial charge in [-0.3, -0.25) is 14.5 Å². The molecule has 15 heavy (non-hydrogen) atoms. The molecular formula is C12H13NO2. The lowest BCUT2D eigenvalue weighted by atomic mass is 10.1. The highest BCUT2D eigenvalue weighted by atomic mass is 16.2. The molecule has 0 aliphatic carbocycles. The first-order valence-corrected chi connectivity index (χ1v) is 5.06. The lowest BCUT2D eigenvalue weighted by molar-refractivity contribution is -0.139. The van der Waals surface area contributed by atoms with Gasteiger partial charge in [-0.25, -0.2) is 0 Å². The Kier molecular flexibility index (Phi) is 2.54. The van der Waals surface area contributed by atoms with Gasteiger partial charge in [0.15, 0.2) is 0 Å². The van der Waals surface area contributed by atoms with Crippen molar-refractivity contribution in [2.75, 3.05) is 0 Å². The molecule has 0 unspecified atom stereocenters. The van der Waals surface area contributed by atoms with Crippen LogP contribution in [0.2, 0.25) is 0 Å². The summed E-state index contributed by atoms with van der Waals surface area (Å²) >= 11 is 0. The first kappa shape index (κ1) is 9.90. The molecule has 0 N–H and O–H groups in total. The van der Waals surface area contributed by atoms with Gasteiger partial charge in [-0.2, -0.15) is 0 Å². The smallest absolute Gasteiger partial charge is 0.232 e. The van der Waals surface area contributed by atoms with Gasteiger partial charge >= 0.3 is 0 Å². The minimum absolute atomic E-state index is 0.0520. The lowest BCUT2D eigenvalue weighted by Gasteiger charge is -2.13. The summed E-state index contributed by atoms with van der Waals surface area (Å²) in [6, 6.07) is 9.57. The molecule has 1 aromatic carbocycles. The zero-order chi connectivity index (χ0) is 10.8. The molecule has 0 aromatic heterocycles. The van der Waals surface area contributed by atoms with E-state index in [1.807, 2.05) is 30.3 Å². The Labute approximate surface area is 88.7 Å². The Balaban J connectivity index is 2.13. The fraction of sp³-hybridized carbons (Fsp3) is 0.333. The third kappa shape index (κ3) is 1.91. The fourth-order valence-electron chi connectivity index (χ4n) is 1.78. The van der Waals surface area contributed by atoms with Gasteiger partial charge in [0, 0.05) is 12.3 Å². The van der Waals surface area contributed by atoms with E-state index in [1.54, 1.807) is 6.92 Å². The Bertz CT molecular complexity index is 386. The van der Waals surface area contributed by atoms with Crippen LogP contribution in [0.5, 0.6) is 0 Å². The highest BCUT2D eigenvalue weighted by molar-refractivity contribution is 6.03. The van der Waals surface area contributed by atoms with Gasteiger partial charge < -0.3 is 0 Å². The van der Waals surface area contributed by atoms with Gasteiger partial charge in [0.1, 0.15) is 0 Å². The minimum Gasteiger partial charge on any atom is -0.278 e. The molecule has 1 atom stereocenters. The van der Waals surface area contributed by atoms with Crippen molar-refractivity contribution < 1.29 is 9.59 Å². The molecule has 3 heteroatoms. The monoisotopic (exact) mass is 203 g/mol. The van der Waals surface area contributed by atoms with Crippen LogP contribution in [0.1, 0.15) is 18.9 Å². The standard InChI is InChI=1S/C12H13NO2/c1-9-7-11(14)13(12(9)15)8-10-5-3-2-4-6-10/h2-6,9H,7-8H2,1H3/t9-/m0/s1. The Morgan fingerprint density at radius 1 is 1.27 bits per heavy atom. The molecule has 1 heterocycles. The van der Waals surface area contributed by atoms with E-state index in [1.165, 1.54) is 4.90 Å². The normalized spacial score (nSPS) is 21.1. The number of carbonyl (C=O) groups is 2. The van der Waals surface area contributed by atoms with Gasteiger partial charge in [-0.05, 0) is 5.56 Å². The molecule has 1 saturated heterocycles. The number of carbonyl (C=O) groups excluding carboxylic acids is 2. The molecule has 1 aromatic rings. The molecule has 78 valence electrons. The number of rotatable bonds is 2. The summed E-state index contributed by atoms with van der Waals surface area (Å²) in [5, 5.41) is 0. The van der Waals surface area contributed by atoms with E-state index in [2.05, 4.69) is 0 Å². The molecule has 0 bridgehead atoms. The van der Waals surface area contributed by atoms with E-state index in [9.17, 15) is 9.59 Å². The minimum atomic E-state index is -0.152. The van der Waals surface area contributed by atoms with Crippen LogP contribution in [0.25, 0.3) is 0 Å². The number of imide groups is 1. The maximum absolute atomic E-state index is 11.6. The quantitative estimate of drug-likeness (QED) is 0.684. The maximum Gasteiger partial charge on any atom is 0.232 e. The molecule has 1 fully saturated rings. The average molecular weight is 203 g/mol. The molecule has 1 aliphatic rings. The predicted molar refractivity (Wildman–Crippen MR) is 55.8 cm³/mol. The predicted octanol–water partition coefficient (Wildman–Crippen LogP) is 1.58. The third-order valence-electron chi connectivity index (χ3n) is 2.65. The van der Waals surface area contributed by atoms with E-state index >= 15 is 0 Å². The molecule has 0 radical (unpaired) electrons. The van der Waals surface area contributed by atoms with Crippen LogP contribution in [0, 0.1) is 5.92 Å². The molecule has 1 aliphatic heterocycles. The summed E-state index contributed by atoms with van der Waals surface area (Å²) in [6.45, 7) is 2.20. The SMILES string of the molecule is C[C@H]1CC(=O)N(Cc2ccccc2)C1=O. The molecular weight excluding hydrogens is 190 g/mol. The van der Waals surface area contributed by atoms with Crippen molar-refractivity contribution in [3.63, 3.8) is 0 Å². The second-order valence-corrected chi connectivity index (χ2v) is 3.91. The number of benzene rings is 1. The highest BCUT2D eigenvalue weighted by Crippen LogP contribution is 2.20. The van der Waals surface area contributed by atoms with Gasteiger partial charge in [0.05, 0.1) is 6.54 Å². The number of likely N-dealkylation sites (tertiary alicyclic amines) is 1. The zero-order valence-electron chi connectivity index (χ0n) is 8.64. The van der Waals surface area contributed by atoms with Crippen molar-refractivity contribution >= 4 is 11.8 Å². The van der Waals surface area contributed by atoms with Crippen molar-refractivity contribution in [3.8, 4) is 0 Å². The maximum atomic E-state index is 11.6. The van der Waals surface area contributed by atoms with Crippen LogP contribution < -0.4 is 0 Å². The van der Waals surface area contributed by atoms with Crippen LogP contribution in [-0.4, -0.2) is 16.7 Å². The Morgan fingerprint density at radius 2 is 1.93 bits per heavy atom. The Morgan fingerprint density at radius 3 is 2.47 bits per heavy atom. The van der Waals surface area contributed by atoms with Crippen LogP contribution in [-0.2, 0) is 16.1 Å². The summed E-state index contributed by atoms with van der Waals surface area (Å²) in [4.78, 5) is 24.5. The summed E-state index contributed by atoms with van der Waals surface area (Å²) in [6.07, 6.45) is 0.353. The van der Waals surface area contributed by atoms with E-state index < -0.39 is 0 Å². The molecule has 2 amide bonds. The highest BCUT2D eigenvalue weighted by Gasteiger charge is 2.35. The van der Waals surface area contributed by atoms with Gasteiger partial charge in [0.2, 0.25) is 11.8 Å². The second kappa shape index (κ2) is 3.85. The zero-order valence-corrected chi connectivity index (χ0v) is 8.64. The second-order valence-electron chi connectivity index (χ2n) is 3.91. The lowest BCUT2D eigenvalue weighted by Crippen LogP contribution is -2.29. The van der Waals surface area contributed by atoms with E-state index in [-0.39, 0.29) is 17.7 Å². The average Bonchev–Trinajstić information content (AvgIpc) is 2.47. The third-order valence-corrected chi connectivity index (χ3v) is 2.65. The van der Waals surface area contributed by atoms with E-state index in [4.69, 9.17) is 0 Å². The summed E-state index contributed by atoms with van der Waals surface area (Å²) in [5.74, 6) is -0.263. The van der Waals surface area contributed by atoms with Crippen molar-refractivity contribution in [2.45, 2.75) is 19.9 Å². The number of nitrogens with zero attached hydrogens (tertiary/aromatic N) is 1. The van der Waals surface area contributed by atoms with Gasteiger partial charge in [-0.15, -0.1) is 0 Å². The van der Waals surface area contributed by atoms with Crippen LogP contribution >= 0.6 is 0 Å². The topological polar surface area (TPSA) is 37.4 Å². The largest absolute Gasteiger partial charge is 0.278 e. The van der Waals surface area contributed by atoms with Crippen LogP contribution in [0.4, 0.5) is 0 Å². The summed E-state index contributed by atoms with van der Waals surface area (Å²) in [5.41, 5.74) is 0.994. The first-order valence-electron chi connectivity index (χ1n) is 5.06. The molecule has 0 spiro atoms. The van der Waals surface area contributed by atoms with Crippen molar-refractivity contribution in [3.05, 3.63) is 35.9 Å². The fourth-order valence-corrected chi connectivity index (χ4v) is 1.78. The van der Waals surface area contributed by atoms with Crippen LogP contribution in [0.3, 0.4) is 0 Å². The number of amides is 2. The molecule has 2 rings (SSSR count). The summed E-state index contributed by atoms with van der Waals surface area (Å²) < 4.78 is 0. The van der Waals surface area contributed by atoms with E-state index in [0.717, 1.165) is 5.56 Å². The van der Waals surface area contributed by atoms with Crippen molar-refractivity contribution in [2.24, 2.45) is 5.92 Å². The number of hydrogen-bond acceptors (Lipinski definition) is 2. The van der Waals surface area contributed by atoms with Crippen molar-refractivity contribution in [1.82, 2.24) is 4.90 Å². The molecule has 0 saturated carbocycles. The summed E-state index contributed by atoms with van der Waals surface area (Å²) in [7, 11) is 0. The van der Waals surface area contributed by atoms with Crippen LogP contribution in [0.15, 0.2) is 30.3 Å². The van der Waals surface area contributed by atoms with Gasteiger partial charge in [-0.1, -0.05) is 37.3 Å². The Hall–Kier alpha value is -1.64.